The highest BCUT2D eigenvalue weighted by Gasteiger charge is 2.28. The first-order chi connectivity index (χ1) is 39.1. The first-order valence-electron chi connectivity index (χ1n) is 29.2. The van der Waals surface area contributed by atoms with Crippen molar-refractivity contribution in [3.63, 3.8) is 0 Å². The summed E-state index contributed by atoms with van der Waals surface area (Å²) in [5.41, 5.74) is 22.1. The lowest BCUT2D eigenvalue weighted by Gasteiger charge is -2.30. The monoisotopic (exact) mass is 1090 g/mol. The largest absolute Gasteiger partial charge is 0.310 e. The van der Waals surface area contributed by atoms with Crippen LogP contribution in [0.3, 0.4) is 0 Å². The Hall–Kier alpha value is -8.66. The molecule has 0 saturated carbocycles. The first-order valence-corrected chi connectivity index (χ1v) is 29.2. The summed E-state index contributed by atoms with van der Waals surface area (Å²) in [5, 5.41) is 12.6. The maximum absolute atomic E-state index is 10.2. The highest BCUT2D eigenvalue weighted by molar-refractivity contribution is 6.10. The summed E-state index contributed by atoms with van der Waals surface area (Å²) < 4.78 is 2.43. The summed E-state index contributed by atoms with van der Waals surface area (Å²) in [6, 6.07) is 57.7. The number of aryl methyl sites for hydroxylation is 4. The second-order valence-electron chi connectivity index (χ2n) is 27.1. The van der Waals surface area contributed by atoms with Gasteiger partial charge in [-0.2, -0.15) is 5.26 Å². The van der Waals surface area contributed by atoms with E-state index in [1.165, 1.54) is 49.7 Å². The number of benzene rings is 8. The van der Waals surface area contributed by atoms with Crippen LogP contribution in [0.15, 0.2) is 176 Å². The molecule has 0 aliphatic rings. The summed E-state index contributed by atoms with van der Waals surface area (Å²) in [4.78, 5) is 19.0. The second-order valence-corrected chi connectivity index (χ2v) is 27.1. The fraction of sp³-hybridized carbons (Fsp3) is 0.273. The van der Waals surface area contributed by atoms with Crippen molar-refractivity contribution in [3.05, 3.63) is 226 Å². The van der Waals surface area contributed by atoms with Crippen molar-refractivity contribution >= 4 is 33.2 Å². The smallest absolute Gasteiger partial charge is 0.164 e. The van der Waals surface area contributed by atoms with E-state index in [2.05, 4.69) is 266 Å². The van der Waals surface area contributed by atoms with Crippen LogP contribution in [0.1, 0.15) is 140 Å². The van der Waals surface area contributed by atoms with Crippen LogP contribution in [0, 0.1) is 39.0 Å². The average molecular weight is 1090 g/mol. The van der Waals surface area contributed by atoms with Crippen molar-refractivity contribution < 1.29 is 0 Å². The van der Waals surface area contributed by atoms with Crippen molar-refractivity contribution in [2.24, 2.45) is 0 Å². The van der Waals surface area contributed by atoms with Gasteiger partial charge < -0.3 is 9.47 Å². The maximum atomic E-state index is 10.2. The van der Waals surface area contributed by atoms with Crippen molar-refractivity contribution in [1.29, 1.82) is 5.26 Å². The number of nitrogens with zero attached hydrogens (tertiary/aromatic N) is 6. The van der Waals surface area contributed by atoms with E-state index in [0.29, 0.717) is 23.0 Å². The van der Waals surface area contributed by atoms with Gasteiger partial charge in [-0.15, -0.1) is 0 Å². The fourth-order valence-corrected chi connectivity index (χ4v) is 11.3. The minimum absolute atomic E-state index is 0.141. The minimum Gasteiger partial charge on any atom is -0.310 e. The van der Waals surface area contributed by atoms with Crippen molar-refractivity contribution in [2.45, 2.75) is 139 Å². The molecule has 8 aromatic carbocycles. The number of allylic oxidation sites excluding steroid dienone is 2. The normalized spacial score (nSPS) is 12.4. The van der Waals surface area contributed by atoms with Crippen molar-refractivity contribution in [2.75, 3.05) is 4.90 Å². The van der Waals surface area contributed by atoms with Crippen LogP contribution < -0.4 is 4.90 Å². The van der Waals surface area contributed by atoms with Gasteiger partial charge in [0.2, 0.25) is 0 Å². The van der Waals surface area contributed by atoms with Crippen LogP contribution >= 0.6 is 0 Å². The molecule has 0 unspecified atom stereocenters. The number of rotatable bonds is 10. The Labute approximate surface area is 494 Å². The van der Waals surface area contributed by atoms with Gasteiger partial charge in [0.25, 0.3) is 0 Å². The zero-order valence-corrected chi connectivity index (χ0v) is 52.0. The SMILES string of the molecule is C=C(/C=C\C)N(c1ccc(C)cc1C)c1ccc(-c2cccc(C#N)c2)cc1-c1cc(-c2nc(-c3cc(C(C)(C)C)cc(C(C)(C)C)c3)nc(-c3cc(C(C)(C)C)cc(C(C)(C)C)c3)n2)ccc1-n1c2ccc(C)cc2c2cc(C)ccc21. The quantitative estimate of drug-likeness (QED) is 0.128. The molecule has 0 amide bonds. The van der Waals surface area contributed by atoms with Crippen LogP contribution in [0.5, 0.6) is 0 Å². The molecule has 0 atom stereocenters. The lowest BCUT2D eigenvalue weighted by Crippen LogP contribution is -2.17. The molecule has 2 aromatic heterocycles. The van der Waals surface area contributed by atoms with Gasteiger partial charge in [0.15, 0.2) is 17.5 Å². The number of aromatic nitrogens is 4. The van der Waals surface area contributed by atoms with E-state index in [4.69, 9.17) is 21.5 Å². The number of fused-ring (bicyclic) bond motifs is 3. The second kappa shape index (κ2) is 21.6. The molecule has 10 rings (SSSR count). The lowest BCUT2D eigenvalue weighted by atomic mass is 9.79. The van der Waals surface area contributed by atoms with E-state index < -0.39 is 0 Å². The summed E-state index contributed by atoms with van der Waals surface area (Å²) in [6.45, 7) is 42.7. The molecule has 6 nitrogen and oxygen atoms in total. The summed E-state index contributed by atoms with van der Waals surface area (Å²) in [6.07, 6.45) is 4.13. The summed E-state index contributed by atoms with van der Waals surface area (Å²) in [5.74, 6) is 1.79. The molecule has 0 saturated heterocycles. The molecule has 0 radical (unpaired) electrons. The predicted octanol–water partition coefficient (Wildman–Crippen LogP) is 20.8. The highest BCUT2D eigenvalue weighted by atomic mass is 15.2. The average Bonchev–Trinajstić information content (AvgIpc) is 4.01. The maximum Gasteiger partial charge on any atom is 0.164 e. The van der Waals surface area contributed by atoms with Gasteiger partial charge in [-0.3, -0.25) is 0 Å². The third kappa shape index (κ3) is 11.6. The first kappa shape index (κ1) is 57.6. The Morgan fingerprint density at radius 3 is 1.40 bits per heavy atom. The van der Waals surface area contributed by atoms with E-state index >= 15 is 0 Å². The molecule has 10 aromatic rings. The van der Waals surface area contributed by atoms with Gasteiger partial charge >= 0.3 is 0 Å². The standard InChI is InChI=1S/C77H80N6/c1-19-21-51(6)82(66-29-24-47(2)34-50(66)5)67-32-27-54(53-23-20-22-52(37-53)46-78)42-64(67)65-43-55(28-33-70(65)83-68-30-25-48(3)35-62(68)63-36-49(4)26-31-69(63)83)71-79-72(56-38-58(74(7,8)9)44-59(39-56)75(10,11)12)81-73(80-71)57-40-60(76(13,14)15)45-61(41-57)77(16,17)18/h19-45H,6H2,1-5,7-18H3/b21-19-. The summed E-state index contributed by atoms with van der Waals surface area (Å²) >= 11 is 0. The van der Waals surface area contributed by atoms with Gasteiger partial charge in [0.1, 0.15) is 0 Å². The van der Waals surface area contributed by atoms with E-state index in [0.717, 1.165) is 78.3 Å². The minimum atomic E-state index is -0.141. The number of hydrogen-bond donors (Lipinski definition) is 0. The van der Waals surface area contributed by atoms with Gasteiger partial charge in [0, 0.05) is 50.0 Å². The van der Waals surface area contributed by atoms with Crippen LogP contribution in [0.4, 0.5) is 11.4 Å². The Bertz CT molecular complexity index is 4060. The molecule has 0 spiro atoms. The Kier molecular flexibility index (Phi) is 15.0. The zero-order chi connectivity index (χ0) is 59.7. The van der Waals surface area contributed by atoms with Gasteiger partial charge in [0.05, 0.1) is 34.0 Å². The Morgan fingerprint density at radius 1 is 0.470 bits per heavy atom. The van der Waals surface area contributed by atoms with E-state index in [1.807, 2.05) is 31.2 Å². The van der Waals surface area contributed by atoms with E-state index in [9.17, 15) is 5.26 Å². The molecular weight excluding hydrogens is 1010 g/mol. The molecule has 0 aliphatic heterocycles. The number of anilines is 2. The molecule has 0 fully saturated rings. The molecule has 0 bridgehead atoms. The highest BCUT2D eigenvalue weighted by Crippen LogP contribution is 2.47. The van der Waals surface area contributed by atoms with E-state index in [-0.39, 0.29) is 21.7 Å². The van der Waals surface area contributed by atoms with Gasteiger partial charge in [-0.25, -0.2) is 15.0 Å². The van der Waals surface area contributed by atoms with Crippen LogP contribution in [-0.4, -0.2) is 19.5 Å². The summed E-state index contributed by atoms with van der Waals surface area (Å²) in [7, 11) is 0. The number of hydrogen-bond acceptors (Lipinski definition) is 5. The molecule has 0 N–H and O–H groups in total. The Morgan fingerprint density at radius 2 is 0.916 bits per heavy atom. The molecule has 83 heavy (non-hydrogen) atoms. The molecular formula is C77H80N6. The Balaban J connectivity index is 1.37. The van der Waals surface area contributed by atoms with Gasteiger partial charge in [-0.1, -0.05) is 167 Å². The van der Waals surface area contributed by atoms with Crippen molar-refractivity contribution in [3.8, 4) is 68.2 Å². The molecule has 2 heterocycles. The van der Waals surface area contributed by atoms with Crippen LogP contribution in [0.25, 0.3) is 83.9 Å². The van der Waals surface area contributed by atoms with E-state index in [1.54, 1.807) is 0 Å². The predicted molar refractivity (Wildman–Crippen MR) is 352 cm³/mol. The fourth-order valence-electron chi connectivity index (χ4n) is 11.3. The zero-order valence-electron chi connectivity index (χ0n) is 52.0. The third-order valence-corrected chi connectivity index (χ3v) is 16.1. The molecule has 0 aliphatic carbocycles. The lowest BCUT2D eigenvalue weighted by molar-refractivity contribution is 0.568. The third-order valence-electron chi connectivity index (χ3n) is 16.1. The van der Waals surface area contributed by atoms with Crippen molar-refractivity contribution in [1.82, 2.24) is 19.5 Å². The topological polar surface area (TPSA) is 70.6 Å². The van der Waals surface area contributed by atoms with Crippen LogP contribution in [0.2, 0.25) is 0 Å². The van der Waals surface area contributed by atoms with Gasteiger partial charge in [-0.05, 0) is 198 Å². The molecule has 418 valence electrons. The van der Waals surface area contributed by atoms with Crippen LogP contribution in [-0.2, 0) is 21.7 Å². The molecule has 6 heteroatoms. The number of nitriles is 1.